The first-order chi connectivity index (χ1) is 22.5. The largest absolute Gasteiger partial charge is 0.354 e. The fourth-order valence-corrected chi connectivity index (χ4v) is 6.87. The molecule has 0 heterocycles. The molecule has 0 saturated heterocycles. The van der Waals surface area contributed by atoms with Crippen LogP contribution in [0.5, 0.6) is 0 Å². The Morgan fingerprint density at radius 2 is 1.49 bits per heavy atom. The molecule has 0 unspecified atom stereocenters. The number of unbranched alkanes of at least 4 members (excludes halogenated alkanes) is 1. The number of rotatable bonds is 15. The number of halogens is 1. The number of anilines is 1. The number of nitrogens with zero attached hydrogens (tertiary/aromatic N) is 2. The van der Waals surface area contributed by atoms with E-state index in [9.17, 15) is 18.0 Å². The maximum atomic E-state index is 14.6. The van der Waals surface area contributed by atoms with Crippen molar-refractivity contribution in [3.8, 4) is 0 Å². The lowest BCUT2D eigenvalue weighted by Gasteiger charge is -2.34. The number of sulfonamides is 1. The highest BCUT2D eigenvalue weighted by molar-refractivity contribution is 7.92. The summed E-state index contributed by atoms with van der Waals surface area (Å²) in [5, 5.41) is 3.45. The third-order valence-corrected chi connectivity index (χ3v) is 10.3. The monoisotopic (exact) mass is 673 g/mol. The van der Waals surface area contributed by atoms with Gasteiger partial charge in [0.25, 0.3) is 10.0 Å². The Hall–Kier alpha value is -4.14. The number of nitrogens with one attached hydrogen (secondary N) is 1. The summed E-state index contributed by atoms with van der Waals surface area (Å²) >= 11 is 6.58. The van der Waals surface area contributed by atoms with Crippen LogP contribution in [0.4, 0.5) is 5.69 Å². The Kier molecular flexibility index (Phi) is 12.6. The van der Waals surface area contributed by atoms with Crippen LogP contribution in [0.15, 0.2) is 108 Å². The first kappa shape index (κ1) is 35.7. The molecule has 7 nitrogen and oxygen atoms in total. The molecule has 4 aromatic carbocycles. The van der Waals surface area contributed by atoms with E-state index in [4.69, 9.17) is 11.6 Å². The van der Waals surface area contributed by atoms with Crippen LogP contribution in [-0.4, -0.2) is 44.3 Å². The van der Waals surface area contributed by atoms with Gasteiger partial charge in [-0.05, 0) is 66.3 Å². The Labute approximate surface area is 284 Å². The second-order valence-electron chi connectivity index (χ2n) is 12.0. The van der Waals surface area contributed by atoms with Crippen molar-refractivity contribution in [1.29, 1.82) is 0 Å². The maximum Gasteiger partial charge on any atom is 0.264 e. The molecule has 248 valence electrons. The lowest BCUT2D eigenvalue weighted by atomic mass is 10.0. The fraction of sp³-hybridized carbons (Fsp3) is 0.316. The number of amides is 2. The molecule has 0 saturated carbocycles. The summed E-state index contributed by atoms with van der Waals surface area (Å²) in [6, 6.07) is 29.5. The van der Waals surface area contributed by atoms with Gasteiger partial charge in [0, 0.05) is 24.5 Å². The van der Waals surface area contributed by atoms with Gasteiger partial charge in [0.1, 0.15) is 12.6 Å². The van der Waals surface area contributed by atoms with Gasteiger partial charge in [-0.15, -0.1) is 0 Å². The Morgan fingerprint density at radius 1 is 0.851 bits per heavy atom. The summed E-state index contributed by atoms with van der Waals surface area (Å²) in [6.45, 7) is 8.00. The predicted molar refractivity (Wildman–Crippen MR) is 190 cm³/mol. The molecule has 4 aromatic rings. The van der Waals surface area contributed by atoms with Gasteiger partial charge in [-0.3, -0.25) is 13.9 Å². The summed E-state index contributed by atoms with van der Waals surface area (Å²) in [5.74, 6) is -0.596. The third-order valence-electron chi connectivity index (χ3n) is 8.13. The van der Waals surface area contributed by atoms with Crippen LogP contribution >= 0.6 is 11.6 Å². The zero-order valence-electron chi connectivity index (χ0n) is 27.5. The molecular weight excluding hydrogens is 630 g/mol. The van der Waals surface area contributed by atoms with Gasteiger partial charge in [0.05, 0.1) is 10.6 Å². The molecule has 0 aliphatic carbocycles. The maximum absolute atomic E-state index is 14.6. The van der Waals surface area contributed by atoms with E-state index < -0.39 is 28.5 Å². The molecule has 2 amide bonds. The summed E-state index contributed by atoms with van der Waals surface area (Å²) < 4.78 is 29.7. The highest BCUT2D eigenvalue weighted by atomic mass is 35.5. The number of hydrogen-bond donors (Lipinski definition) is 1. The zero-order chi connectivity index (χ0) is 34.0. The van der Waals surface area contributed by atoms with Crippen LogP contribution in [0.3, 0.4) is 0 Å². The molecule has 1 atom stereocenters. The van der Waals surface area contributed by atoms with Crippen molar-refractivity contribution in [3.63, 3.8) is 0 Å². The van der Waals surface area contributed by atoms with E-state index >= 15 is 0 Å². The van der Waals surface area contributed by atoms with E-state index in [0.717, 1.165) is 33.8 Å². The molecule has 0 fully saturated rings. The van der Waals surface area contributed by atoms with Gasteiger partial charge in [0.2, 0.25) is 11.8 Å². The van der Waals surface area contributed by atoms with Crippen LogP contribution in [0.1, 0.15) is 61.8 Å². The lowest BCUT2D eigenvalue weighted by molar-refractivity contribution is -0.140. The van der Waals surface area contributed by atoms with Crippen molar-refractivity contribution >= 4 is 39.1 Å². The van der Waals surface area contributed by atoms with Gasteiger partial charge in [-0.1, -0.05) is 117 Å². The van der Waals surface area contributed by atoms with Crippen LogP contribution in [0, 0.1) is 6.92 Å². The van der Waals surface area contributed by atoms with Gasteiger partial charge in [0.15, 0.2) is 0 Å². The van der Waals surface area contributed by atoms with Gasteiger partial charge in [-0.25, -0.2) is 8.42 Å². The summed E-state index contributed by atoms with van der Waals surface area (Å²) in [6.07, 6.45) is 1.92. The van der Waals surface area contributed by atoms with Crippen LogP contribution in [-0.2, 0) is 32.6 Å². The highest BCUT2D eigenvalue weighted by Gasteiger charge is 2.35. The normalized spacial score (nSPS) is 12.0. The topological polar surface area (TPSA) is 86.8 Å². The average molecular weight is 674 g/mol. The molecular formula is C38H44ClN3O4S. The molecule has 0 bridgehead atoms. The van der Waals surface area contributed by atoms with Gasteiger partial charge in [-0.2, -0.15) is 0 Å². The van der Waals surface area contributed by atoms with Crippen molar-refractivity contribution in [2.45, 2.75) is 70.4 Å². The number of hydrogen-bond acceptors (Lipinski definition) is 4. The quantitative estimate of drug-likeness (QED) is 0.132. The molecule has 0 aromatic heterocycles. The molecule has 0 radical (unpaired) electrons. The predicted octanol–water partition coefficient (Wildman–Crippen LogP) is 7.52. The van der Waals surface area contributed by atoms with E-state index in [1.807, 2.05) is 68.4 Å². The van der Waals surface area contributed by atoms with E-state index in [1.54, 1.807) is 48.5 Å². The van der Waals surface area contributed by atoms with Crippen LogP contribution in [0.25, 0.3) is 0 Å². The summed E-state index contributed by atoms with van der Waals surface area (Å²) in [4.78, 5) is 30.0. The van der Waals surface area contributed by atoms with Crippen molar-refractivity contribution < 1.29 is 18.0 Å². The minimum absolute atomic E-state index is 0.0158. The van der Waals surface area contributed by atoms with Crippen molar-refractivity contribution in [2.24, 2.45) is 0 Å². The van der Waals surface area contributed by atoms with Gasteiger partial charge >= 0.3 is 0 Å². The molecule has 1 N–H and O–H groups in total. The zero-order valence-corrected chi connectivity index (χ0v) is 29.1. The van der Waals surface area contributed by atoms with E-state index in [0.29, 0.717) is 22.8 Å². The minimum Gasteiger partial charge on any atom is -0.354 e. The summed E-state index contributed by atoms with van der Waals surface area (Å²) in [7, 11) is -4.18. The van der Waals surface area contributed by atoms with Crippen molar-refractivity contribution in [2.75, 3.05) is 17.4 Å². The first-order valence-electron chi connectivity index (χ1n) is 16.0. The Balaban J connectivity index is 1.80. The number of aryl methyl sites for hydroxylation is 1. The Bertz CT molecular complexity index is 1730. The number of carbonyl (C=O) groups is 2. The molecule has 47 heavy (non-hydrogen) atoms. The highest BCUT2D eigenvalue weighted by Crippen LogP contribution is 2.28. The number of benzene rings is 4. The molecule has 0 aliphatic rings. The standard InChI is InChI=1S/C38H44ClN3O4S/c1-5-6-24-40-38(44)36(25-30-12-8-7-9-13-30)41(26-32-14-10-11-15-35(32)39)37(43)27-42(33-20-18-31(19-21-33)28(2)3)47(45,46)34-22-16-29(4)17-23-34/h7-23,28,36H,5-6,24-27H2,1-4H3,(H,40,44)/t36-/m1/s1. The average Bonchev–Trinajstić information content (AvgIpc) is 3.06. The number of carbonyl (C=O) groups excluding carboxylic acids is 2. The van der Waals surface area contributed by atoms with Crippen LogP contribution < -0.4 is 9.62 Å². The van der Waals surface area contributed by atoms with E-state index in [1.165, 1.54) is 4.90 Å². The molecule has 0 spiro atoms. The van der Waals surface area contributed by atoms with Gasteiger partial charge < -0.3 is 10.2 Å². The SMILES string of the molecule is CCCCNC(=O)[C@@H](Cc1ccccc1)N(Cc1ccccc1Cl)C(=O)CN(c1ccc(C(C)C)cc1)S(=O)(=O)c1ccc(C)cc1. The molecule has 4 rings (SSSR count). The van der Waals surface area contributed by atoms with E-state index in [-0.39, 0.29) is 29.7 Å². The summed E-state index contributed by atoms with van der Waals surface area (Å²) in [5.41, 5.74) is 3.83. The van der Waals surface area contributed by atoms with Crippen molar-refractivity contribution in [3.05, 3.63) is 130 Å². The van der Waals surface area contributed by atoms with Crippen LogP contribution in [0.2, 0.25) is 5.02 Å². The smallest absolute Gasteiger partial charge is 0.264 e. The molecule has 0 aliphatic heterocycles. The minimum atomic E-state index is -4.18. The van der Waals surface area contributed by atoms with E-state index in [2.05, 4.69) is 19.2 Å². The first-order valence-corrected chi connectivity index (χ1v) is 17.9. The molecule has 9 heteroatoms. The fourth-order valence-electron chi connectivity index (χ4n) is 5.26. The van der Waals surface area contributed by atoms with Crippen molar-refractivity contribution in [1.82, 2.24) is 10.2 Å². The second kappa shape index (κ2) is 16.6. The second-order valence-corrected chi connectivity index (χ2v) is 14.3. The lowest BCUT2D eigenvalue weighted by Crippen LogP contribution is -2.53. The Morgan fingerprint density at radius 3 is 2.11 bits per heavy atom. The third kappa shape index (κ3) is 9.46.